The number of hydrogen-bond donors (Lipinski definition) is 2. The molecule has 5 heteroatoms. The van der Waals surface area contributed by atoms with Crippen molar-refractivity contribution in [3.8, 4) is 5.75 Å². The lowest BCUT2D eigenvalue weighted by Crippen LogP contribution is -2.31. The maximum absolute atomic E-state index is 12.2. The molecule has 1 atom stereocenters. The predicted octanol–water partition coefficient (Wildman–Crippen LogP) is 4.05. The molecule has 2 N–H and O–H groups in total. The topological polar surface area (TPSA) is 67.4 Å². The summed E-state index contributed by atoms with van der Waals surface area (Å²) in [5.41, 5.74) is 1.67. The van der Waals surface area contributed by atoms with Crippen LogP contribution < -0.4 is 15.4 Å². The molecule has 0 saturated carbocycles. The van der Waals surface area contributed by atoms with E-state index in [9.17, 15) is 9.59 Å². The van der Waals surface area contributed by atoms with Crippen LogP contribution in [-0.2, 0) is 9.59 Å². The smallest absolute Gasteiger partial charge is 0.258 e. The molecule has 0 radical (unpaired) electrons. The summed E-state index contributed by atoms with van der Waals surface area (Å²) in [6, 6.07) is 21.1. The van der Waals surface area contributed by atoms with Gasteiger partial charge in [0.15, 0.2) is 6.61 Å². The molecular formula is C22H22N2O3. The molecule has 0 aliphatic heterocycles. The third kappa shape index (κ3) is 5.07. The van der Waals surface area contributed by atoms with Crippen LogP contribution in [0.2, 0.25) is 0 Å². The summed E-state index contributed by atoms with van der Waals surface area (Å²) in [5.74, 6) is 0.157. The number of benzene rings is 3. The van der Waals surface area contributed by atoms with Gasteiger partial charge in [-0.3, -0.25) is 9.59 Å². The van der Waals surface area contributed by atoms with Crippen molar-refractivity contribution in [2.75, 3.05) is 11.9 Å². The van der Waals surface area contributed by atoms with Crippen molar-refractivity contribution in [3.63, 3.8) is 0 Å². The minimum absolute atomic E-state index is 0.0958. The van der Waals surface area contributed by atoms with Crippen molar-refractivity contribution in [2.24, 2.45) is 0 Å². The van der Waals surface area contributed by atoms with Gasteiger partial charge < -0.3 is 15.4 Å². The maximum atomic E-state index is 12.2. The Morgan fingerprint density at radius 3 is 2.52 bits per heavy atom. The summed E-state index contributed by atoms with van der Waals surface area (Å²) >= 11 is 0. The van der Waals surface area contributed by atoms with Crippen molar-refractivity contribution in [1.29, 1.82) is 0 Å². The zero-order valence-corrected chi connectivity index (χ0v) is 15.4. The van der Waals surface area contributed by atoms with E-state index < -0.39 is 0 Å². The maximum Gasteiger partial charge on any atom is 0.258 e. The zero-order chi connectivity index (χ0) is 19.2. The minimum atomic E-state index is -0.208. The lowest BCUT2D eigenvalue weighted by molar-refractivity contribution is -0.123. The van der Waals surface area contributed by atoms with Gasteiger partial charge in [0.2, 0.25) is 5.91 Å². The highest BCUT2D eigenvalue weighted by Crippen LogP contribution is 2.20. The second-order valence-corrected chi connectivity index (χ2v) is 6.39. The molecule has 0 spiro atoms. The first-order chi connectivity index (χ1) is 13.0. The summed E-state index contributed by atoms with van der Waals surface area (Å²) in [6.07, 6.45) is 0. The Morgan fingerprint density at radius 1 is 0.963 bits per heavy atom. The van der Waals surface area contributed by atoms with Gasteiger partial charge in [-0.25, -0.2) is 0 Å². The van der Waals surface area contributed by atoms with Gasteiger partial charge in [-0.1, -0.05) is 42.5 Å². The Balaban J connectivity index is 1.57. The Labute approximate surface area is 158 Å². The van der Waals surface area contributed by atoms with E-state index in [0.717, 1.165) is 10.9 Å². The Hall–Kier alpha value is -3.34. The molecule has 0 saturated heterocycles. The number of nitrogens with one attached hydrogen (secondary N) is 2. The first-order valence-corrected chi connectivity index (χ1v) is 8.80. The van der Waals surface area contributed by atoms with Crippen LogP contribution in [-0.4, -0.2) is 18.4 Å². The highest BCUT2D eigenvalue weighted by atomic mass is 16.5. The summed E-state index contributed by atoms with van der Waals surface area (Å²) < 4.78 is 5.53. The molecule has 3 rings (SSSR count). The molecule has 0 aliphatic rings. The van der Waals surface area contributed by atoms with Crippen LogP contribution in [0, 0.1) is 0 Å². The number of amides is 2. The number of hydrogen-bond acceptors (Lipinski definition) is 3. The summed E-state index contributed by atoms with van der Waals surface area (Å²) in [5, 5.41) is 7.94. The molecule has 27 heavy (non-hydrogen) atoms. The van der Waals surface area contributed by atoms with Crippen molar-refractivity contribution < 1.29 is 14.3 Å². The summed E-state index contributed by atoms with van der Waals surface area (Å²) in [6.45, 7) is 3.29. The molecule has 3 aromatic rings. The number of anilines is 1. The van der Waals surface area contributed by atoms with E-state index in [1.165, 1.54) is 12.3 Å². The van der Waals surface area contributed by atoms with Crippen molar-refractivity contribution in [2.45, 2.75) is 19.9 Å². The lowest BCUT2D eigenvalue weighted by Gasteiger charge is -2.15. The van der Waals surface area contributed by atoms with Gasteiger partial charge in [0.1, 0.15) is 5.75 Å². The van der Waals surface area contributed by atoms with Crippen LogP contribution in [0.3, 0.4) is 0 Å². The fraction of sp³-hybridized carbons (Fsp3) is 0.182. The van der Waals surface area contributed by atoms with Crippen LogP contribution in [0.1, 0.15) is 25.5 Å². The lowest BCUT2D eigenvalue weighted by atomic mass is 10.0. The van der Waals surface area contributed by atoms with Gasteiger partial charge in [-0.05, 0) is 41.5 Å². The Bertz CT molecular complexity index is 968. The first-order valence-electron chi connectivity index (χ1n) is 8.80. The third-order valence-corrected chi connectivity index (χ3v) is 4.18. The van der Waals surface area contributed by atoms with E-state index >= 15 is 0 Å². The van der Waals surface area contributed by atoms with Gasteiger partial charge >= 0.3 is 0 Å². The molecule has 0 fully saturated rings. The van der Waals surface area contributed by atoms with E-state index in [1.807, 2.05) is 25.1 Å². The molecule has 0 unspecified atom stereocenters. The molecule has 5 nitrogen and oxygen atoms in total. The minimum Gasteiger partial charge on any atom is -0.484 e. The highest BCUT2D eigenvalue weighted by molar-refractivity contribution is 5.88. The van der Waals surface area contributed by atoms with E-state index in [1.54, 1.807) is 24.3 Å². The van der Waals surface area contributed by atoms with Gasteiger partial charge in [-0.2, -0.15) is 0 Å². The van der Waals surface area contributed by atoms with E-state index in [2.05, 4.69) is 34.9 Å². The molecule has 0 aromatic heterocycles. The Morgan fingerprint density at radius 2 is 1.74 bits per heavy atom. The van der Waals surface area contributed by atoms with E-state index in [4.69, 9.17) is 4.74 Å². The summed E-state index contributed by atoms with van der Waals surface area (Å²) in [4.78, 5) is 23.3. The fourth-order valence-electron chi connectivity index (χ4n) is 2.86. The molecule has 138 valence electrons. The van der Waals surface area contributed by atoms with Gasteiger partial charge in [0.05, 0.1) is 6.04 Å². The molecule has 0 bridgehead atoms. The number of ether oxygens (including phenoxy) is 1. The molecule has 0 heterocycles. The van der Waals surface area contributed by atoms with Gasteiger partial charge in [0.25, 0.3) is 5.91 Å². The quantitative estimate of drug-likeness (QED) is 0.695. The number of fused-ring (bicyclic) bond motifs is 1. The number of carbonyl (C=O) groups excluding carboxylic acids is 2. The predicted molar refractivity (Wildman–Crippen MR) is 107 cm³/mol. The van der Waals surface area contributed by atoms with Crippen LogP contribution in [0.15, 0.2) is 66.7 Å². The van der Waals surface area contributed by atoms with Crippen LogP contribution >= 0.6 is 0 Å². The molecular weight excluding hydrogens is 340 g/mol. The average Bonchev–Trinajstić information content (AvgIpc) is 2.66. The number of carbonyl (C=O) groups is 2. The van der Waals surface area contributed by atoms with Crippen LogP contribution in [0.4, 0.5) is 5.69 Å². The van der Waals surface area contributed by atoms with Gasteiger partial charge in [-0.15, -0.1) is 0 Å². The molecule has 0 aliphatic carbocycles. The van der Waals surface area contributed by atoms with Gasteiger partial charge in [0, 0.05) is 18.7 Å². The largest absolute Gasteiger partial charge is 0.484 e. The van der Waals surface area contributed by atoms with Crippen LogP contribution in [0.5, 0.6) is 5.75 Å². The van der Waals surface area contributed by atoms with E-state index in [0.29, 0.717) is 11.4 Å². The standard InChI is InChI=1S/C22H22N2O3/c1-15(18-11-10-17-6-3-4-7-19(17)12-18)23-22(26)14-27-21-9-5-8-20(13-21)24-16(2)25/h3-13,15H,14H2,1-2H3,(H,23,26)(H,24,25)/t15-/m0/s1. The SMILES string of the molecule is CC(=O)Nc1cccc(OCC(=O)N[C@@H](C)c2ccc3ccccc3c2)c1. The fourth-order valence-corrected chi connectivity index (χ4v) is 2.86. The zero-order valence-electron chi connectivity index (χ0n) is 15.4. The van der Waals surface area contributed by atoms with Crippen LogP contribution in [0.25, 0.3) is 10.8 Å². The average molecular weight is 362 g/mol. The van der Waals surface area contributed by atoms with Crippen molar-refractivity contribution >= 4 is 28.3 Å². The summed E-state index contributed by atoms with van der Waals surface area (Å²) in [7, 11) is 0. The second kappa shape index (κ2) is 8.36. The normalized spacial score (nSPS) is 11.6. The van der Waals surface area contributed by atoms with E-state index in [-0.39, 0.29) is 24.5 Å². The first kappa shape index (κ1) is 18.5. The second-order valence-electron chi connectivity index (χ2n) is 6.39. The molecule has 2 amide bonds. The third-order valence-electron chi connectivity index (χ3n) is 4.18. The highest BCUT2D eigenvalue weighted by Gasteiger charge is 2.11. The monoisotopic (exact) mass is 362 g/mol. The van der Waals surface area contributed by atoms with Crippen molar-refractivity contribution in [3.05, 3.63) is 72.3 Å². The van der Waals surface area contributed by atoms with Crippen molar-refractivity contribution in [1.82, 2.24) is 5.32 Å². The molecule has 3 aromatic carbocycles. The number of rotatable bonds is 6. The Kier molecular flexibility index (Phi) is 5.71.